The van der Waals surface area contributed by atoms with Gasteiger partial charge in [0, 0.05) is 13.1 Å². The number of hydrogen-bond donors (Lipinski definition) is 3. The van der Waals surface area contributed by atoms with Crippen molar-refractivity contribution in [2.45, 2.75) is 0 Å². The Morgan fingerprint density at radius 2 is 1.71 bits per heavy atom. The highest BCUT2D eigenvalue weighted by atomic mass is 32.2. The topological polar surface area (TPSA) is 122 Å². The Labute approximate surface area is 101 Å². The van der Waals surface area contributed by atoms with Gasteiger partial charge in [-0.15, -0.1) is 0 Å². The van der Waals surface area contributed by atoms with Gasteiger partial charge in [0.1, 0.15) is 0 Å². The largest absolute Gasteiger partial charge is 0.394 e. The number of sulfonamides is 2. The average Bonchev–Trinajstić information content (AvgIpc) is 2.14. The summed E-state index contributed by atoms with van der Waals surface area (Å²) in [6.07, 6.45) is 0.954. The first-order valence-electron chi connectivity index (χ1n) is 4.87. The molecule has 8 nitrogen and oxygen atoms in total. The van der Waals surface area contributed by atoms with E-state index in [2.05, 4.69) is 9.44 Å². The van der Waals surface area contributed by atoms with Crippen molar-refractivity contribution in [3.63, 3.8) is 0 Å². The lowest BCUT2D eigenvalue weighted by Gasteiger charge is -2.07. The molecular formula is C7H18N2O6S2. The Morgan fingerprint density at radius 3 is 2.24 bits per heavy atom. The highest BCUT2D eigenvalue weighted by molar-refractivity contribution is 7.90. The fourth-order valence-electron chi connectivity index (χ4n) is 0.870. The molecule has 104 valence electrons. The summed E-state index contributed by atoms with van der Waals surface area (Å²) >= 11 is 0. The molecule has 0 amide bonds. The molecule has 0 rings (SSSR count). The van der Waals surface area contributed by atoms with Gasteiger partial charge in [0.2, 0.25) is 20.0 Å². The summed E-state index contributed by atoms with van der Waals surface area (Å²) in [6.45, 7) is 0.0918. The Hall–Kier alpha value is -0.260. The third kappa shape index (κ3) is 12.0. The second-order valence-corrected chi connectivity index (χ2v) is 6.98. The lowest BCUT2D eigenvalue weighted by Crippen LogP contribution is -2.35. The second-order valence-electron chi connectivity index (χ2n) is 3.22. The first kappa shape index (κ1) is 16.7. The molecule has 3 N–H and O–H groups in total. The maximum Gasteiger partial charge on any atom is 0.212 e. The van der Waals surface area contributed by atoms with Crippen LogP contribution in [0.5, 0.6) is 0 Å². The first-order chi connectivity index (χ1) is 7.77. The third-order valence-electron chi connectivity index (χ3n) is 1.54. The summed E-state index contributed by atoms with van der Waals surface area (Å²) in [7, 11) is -6.88. The first-order valence-corrected chi connectivity index (χ1v) is 8.42. The van der Waals surface area contributed by atoms with Crippen LogP contribution in [0.4, 0.5) is 0 Å². The smallest absolute Gasteiger partial charge is 0.212 e. The van der Waals surface area contributed by atoms with Crippen LogP contribution in [0.15, 0.2) is 0 Å². The molecule has 0 saturated carbocycles. The van der Waals surface area contributed by atoms with Gasteiger partial charge in [0.05, 0.1) is 31.8 Å². The zero-order valence-corrected chi connectivity index (χ0v) is 11.2. The highest BCUT2D eigenvalue weighted by Crippen LogP contribution is 1.84. The number of aliphatic hydroxyl groups is 1. The van der Waals surface area contributed by atoms with E-state index in [9.17, 15) is 16.8 Å². The van der Waals surface area contributed by atoms with E-state index in [-0.39, 0.29) is 38.7 Å². The van der Waals surface area contributed by atoms with Crippen LogP contribution in [0.2, 0.25) is 0 Å². The summed E-state index contributed by atoms with van der Waals surface area (Å²) in [5.41, 5.74) is 0. The summed E-state index contributed by atoms with van der Waals surface area (Å²) in [5, 5.41) is 8.39. The SMILES string of the molecule is CS(=O)(=O)NCCS(=O)(=O)NCCOCCO. The van der Waals surface area contributed by atoms with Crippen molar-refractivity contribution < 1.29 is 26.7 Å². The van der Waals surface area contributed by atoms with Crippen molar-refractivity contribution >= 4 is 20.0 Å². The molecule has 0 heterocycles. The summed E-state index contributed by atoms with van der Waals surface area (Å²) in [6, 6.07) is 0. The van der Waals surface area contributed by atoms with Crippen LogP contribution >= 0.6 is 0 Å². The number of hydrogen-bond acceptors (Lipinski definition) is 6. The van der Waals surface area contributed by atoms with Gasteiger partial charge < -0.3 is 9.84 Å². The molecule has 0 atom stereocenters. The zero-order valence-electron chi connectivity index (χ0n) is 9.55. The Balaban J connectivity index is 3.74. The maximum absolute atomic E-state index is 11.3. The molecule has 0 saturated heterocycles. The van der Waals surface area contributed by atoms with Gasteiger partial charge in [-0.2, -0.15) is 0 Å². The summed E-state index contributed by atoms with van der Waals surface area (Å²) < 4.78 is 53.1. The van der Waals surface area contributed by atoms with Gasteiger partial charge in [-0.25, -0.2) is 26.3 Å². The standard InChI is InChI=1S/C7H18N2O6S2/c1-16(11,12)8-3-7-17(13,14)9-2-5-15-6-4-10/h8-10H,2-7H2,1H3. The van der Waals surface area contributed by atoms with Crippen LogP contribution in [-0.2, 0) is 24.8 Å². The predicted octanol–water partition coefficient (Wildman–Crippen LogP) is -2.54. The summed E-state index contributed by atoms with van der Waals surface area (Å²) in [4.78, 5) is 0. The zero-order chi connectivity index (χ0) is 13.4. The van der Waals surface area contributed by atoms with Gasteiger partial charge in [-0.05, 0) is 0 Å². The fraction of sp³-hybridized carbons (Fsp3) is 1.00. The van der Waals surface area contributed by atoms with E-state index in [4.69, 9.17) is 9.84 Å². The second kappa shape index (κ2) is 7.95. The van der Waals surface area contributed by atoms with Gasteiger partial charge in [0.15, 0.2) is 0 Å². The van der Waals surface area contributed by atoms with Crippen LogP contribution in [0.3, 0.4) is 0 Å². The normalized spacial score (nSPS) is 12.8. The molecular weight excluding hydrogens is 272 g/mol. The molecule has 0 aliphatic rings. The van der Waals surface area contributed by atoms with Crippen LogP contribution in [0.1, 0.15) is 0 Å². The van der Waals surface area contributed by atoms with Crippen LogP contribution in [-0.4, -0.2) is 66.9 Å². The Bertz CT molecular complexity index is 391. The number of ether oxygens (including phenoxy) is 1. The minimum atomic E-state index is -3.51. The lowest BCUT2D eigenvalue weighted by atomic mass is 10.7. The minimum absolute atomic E-state index is 0.0845. The van der Waals surface area contributed by atoms with E-state index in [1.54, 1.807) is 0 Å². The molecule has 0 fully saturated rings. The van der Waals surface area contributed by atoms with Crippen molar-refractivity contribution in [2.24, 2.45) is 0 Å². The fourth-order valence-corrected chi connectivity index (χ4v) is 2.38. The molecule has 0 aliphatic carbocycles. The molecule has 0 spiro atoms. The van der Waals surface area contributed by atoms with E-state index >= 15 is 0 Å². The van der Waals surface area contributed by atoms with Crippen LogP contribution < -0.4 is 9.44 Å². The van der Waals surface area contributed by atoms with Gasteiger partial charge in [0.25, 0.3) is 0 Å². The molecule has 0 bridgehead atoms. The minimum Gasteiger partial charge on any atom is -0.394 e. The average molecular weight is 290 g/mol. The van der Waals surface area contributed by atoms with Gasteiger partial charge in [-0.1, -0.05) is 0 Å². The van der Waals surface area contributed by atoms with Gasteiger partial charge >= 0.3 is 0 Å². The van der Waals surface area contributed by atoms with Crippen molar-refractivity contribution in [1.82, 2.24) is 9.44 Å². The van der Waals surface area contributed by atoms with E-state index in [0.717, 1.165) is 6.26 Å². The molecule has 0 aromatic rings. The molecule has 0 radical (unpaired) electrons. The molecule has 0 aliphatic heterocycles. The Kier molecular flexibility index (Phi) is 7.83. The predicted molar refractivity (Wildman–Crippen MR) is 62.5 cm³/mol. The number of rotatable bonds is 10. The van der Waals surface area contributed by atoms with Crippen molar-refractivity contribution in [2.75, 3.05) is 44.9 Å². The molecule has 17 heavy (non-hydrogen) atoms. The monoisotopic (exact) mass is 290 g/mol. The number of aliphatic hydroxyl groups excluding tert-OH is 1. The Morgan fingerprint density at radius 1 is 1.06 bits per heavy atom. The van der Waals surface area contributed by atoms with E-state index < -0.39 is 20.0 Å². The number of nitrogens with one attached hydrogen (secondary N) is 2. The van der Waals surface area contributed by atoms with Crippen molar-refractivity contribution in [3.05, 3.63) is 0 Å². The molecule has 0 aromatic heterocycles. The maximum atomic E-state index is 11.3. The van der Waals surface area contributed by atoms with Crippen LogP contribution in [0.25, 0.3) is 0 Å². The summed E-state index contributed by atoms with van der Waals surface area (Å²) in [5.74, 6) is -0.333. The van der Waals surface area contributed by atoms with E-state index in [0.29, 0.717) is 0 Å². The molecule has 10 heteroatoms. The van der Waals surface area contributed by atoms with Crippen molar-refractivity contribution in [1.29, 1.82) is 0 Å². The van der Waals surface area contributed by atoms with Crippen LogP contribution in [0, 0.1) is 0 Å². The highest BCUT2D eigenvalue weighted by Gasteiger charge is 2.10. The van der Waals surface area contributed by atoms with E-state index in [1.165, 1.54) is 0 Å². The molecule has 0 unspecified atom stereocenters. The van der Waals surface area contributed by atoms with E-state index in [1.807, 2.05) is 0 Å². The van der Waals surface area contributed by atoms with Crippen molar-refractivity contribution in [3.8, 4) is 0 Å². The molecule has 0 aromatic carbocycles. The van der Waals surface area contributed by atoms with Gasteiger partial charge in [-0.3, -0.25) is 0 Å². The lowest BCUT2D eigenvalue weighted by molar-refractivity contribution is 0.0961. The quantitative estimate of drug-likeness (QED) is 0.381. The third-order valence-corrected chi connectivity index (χ3v) is 3.65.